The first-order chi connectivity index (χ1) is 17.6. The molecule has 0 bridgehead atoms. The van der Waals surface area contributed by atoms with Crippen LogP contribution in [0.3, 0.4) is 0 Å². The van der Waals surface area contributed by atoms with Gasteiger partial charge in [0.25, 0.3) is 0 Å². The Morgan fingerprint density at radius 1 is 1.08 bits per heavy atom. The van der Waals surface area contributed by atoms with Crippen LogP contribution in [0.25, 0.3) is 0 Å². The van der Waals surface area contributed by atoms with Crippen LogP contribution in [0.1, 0.15) is 50.4 Å². The fourth-order valence-corrected chi connectivity index (χ4v) is 5.90. The molecule has 0 aliphatic carbocycles. The lowest BCUT2D eigenvalue weighted by Crippen LogP contribution is -2.50. The van der Waals surface area contributed by atoms with Crippen molar-refractivity contribution in [3.05, 3.63) is 83.7 Å². The van der Waals surface area contributed by atoms with Crippen molar-refractivity contribution in [3.63, 3.8) is 0 Å². The third-order valence-electron chi connectivity index (χ3n) is 6.13. The van der Waals surface area contributed by atoms with Gasteiger partial charge >= 0.3 is 6.03 Å². The Balaban J connectivity index is 1.68. The second kappa shape index (κ2) is 11.5. The Bertz CT molecular complexity index is 1280. The quantitative estimate of drug-likeness (QED) is 0.448. The van der Waals surface area contributed by atoms with Crippen LogP contribution in [0.2, 0.25) is 0 Å². The Labute approximate surface area is 219 Å². The van der Waals surface area contributed by atoms with Crippen molar-refractivity contribution in [2.45, 2.75) is 69.3 Å². The van der Waals surface area contributed by atoms with Crippen molar-refractivity contribution in [3.8, 4) is 0 Å². The number of benzene rings is 2. The zero-order chi connectivity index (χ0) is 26.5. The summed E-state index contributed by atoms with van der Waals surface area (Å²) in [7, 11) is -3.74. The molecule has 0 saturated carbocycles. The number of hydrogen-bond acceptors (Lipinski definition) is 5. The lowest BCUT2D eigenvalue weighted by Gasteiger charge is -2.30. The summed E-state index contributed by atoms with van der Waals surface area (Å²) in [6.45, 7) is 7.45. The van der Waals surface area contributed by atoms with Gasteiger partial charge in [0.2, 0.25) is 15.0 Å². The van der Waals surface area contributed by atoms with E-state index in [0.717, 1.165) is 18.4 Å². The van der Waals surface area contributed by atoms with Crippen molar-refractivity contribution in [1.82, 2.24) is 19.8 Å². The number of amides is 2. The lowest BCUT2D eigenvalue weighted by atomic mass is 10.1. The molecule has 1 N–H and O–H groups in total. The smallest absolute Gasteiger partial charge is 0.318 e. The SMILES string of the molecule is CC(C)(C)NC(=O)N(Cc1cnc(S(=O)(=O)Cc2ccccc2)n1Cc1ccccc1)C[C@@H]1CCCO1. The molecule has 1 aliphatic rings. The number of aromatic nitrogens is 2. The van der Waals surface area contributed by atoms with Gasteiger partial charge in [0.15, 0.2) is 0 Å². The van der Waals surface area contributed by atoms with E-state index in [0.29, 0.717) is 31.0 Å². The van der Waals surface area contributed by atoms with Gasteiger partial charge in [-0.05, 0) is 44.7 Å². The van der Waals surface area contributed by atoms with Crippen LogP contribution in [-0.2, 0) is 33.4 Å². The van der Waals surface area contributed by atoms with E-state index in [1.807, 2.05) is 69.3 Å². The van der Waals surface area contributed by atoms with E-state index >= 15 is 0 Å². The van der Waals surface area contributed by atoms with Crippen LogP contribution in [0.4, 0.5) is 4.79 Å². The summed E-state index contributed by atoms with van der Waals surface area (Å²) in [6, 6.07) is 18.5. The van der Waals surface area contributed by atoms with Gasteiger partial charge in [-0.25, -0.2) is 18.2 Å². The molecule has 0 radical (unpaired) electrons. The molecule has 0 spiro atoms. The highest BCUT2D eigenvalue weighted by molar-refractivity contribution is 7.90. The van der Waals surface area contributed by atoms with Crippen LogP contribution in [0, 0.1) is 0 Å². The van der Waals surface area contributed by atoms with E-state index < -0.39 is 15.4 Å². The topological polar surface area (TPSA) is 93.5 Å². The summed E-state index contributed by atoms with van der Waals surface area (Å²) in [5.74, 6) is -0.150. The average Bonchev–Trinajstić information content (AvgIpc) is 3.49. The van der Waals surface area contributed by atoms with Crippen molar-refractivity contribution in [2.75, 3.05) is 13.2 Å². The number of rotatable bonds is 9. The van der Waals surface area contributed by atoms with Crippen LogP contribution in [-0.4, -0.2) is 53.7 Å². The number of carbonyl (C=O) groups is 1. The first-order valence-electron chi connectivity index (χ1n) is 12.6. The number of imidazole rings is 1. The number of carbonyl (C=O) groups excluding carboxylic acids is 1. The molecule has 4 rings (SSSR count). The standard InChI is InChI=1S/C28H36N4O4S/c1-28(2,3)30-26(33)31(20-25-15-10-16-36-25)19-24-17-29-27(32(24)18-22-11-6-4-7-12-22)37(34,35)21-23-13-8-5-9-14-23/h4-9,11-14,17,25H,10,15-16,18-21H2,1-3H3,(H,30,33)/t25-/m0/s1. The van der Waals surface area contributed by atoms with E-state index in [1.54, 1.807) is 27.8 Å². The molecule has 198 valence electrons. The highest BCUT2D eigenvalue weighted by Crippen LogP contribution is 2.22. The number of hydrogen-bond donors (Lipinski definition) is 1. The summed E-state index contributed by atoms with van der Waals surface area (Å²) in [4.78, 5) is 19.4. The highest BCUT2D eigenvalue weighted by Gasteiger charge is 2.29. The number of nitrogens with zero attached hydrogens (tertiary/aromatic N) is 3. The van der Waals surface area contributed by atoms with Crippen LogP contribution in [0.5, 0.6) is 0 Å². The molecule has 1 atom stereocenters. The molecule has 1 aliphatic heterocycles. The number of nitrogens with one attached hydrogen (secondary N) is 1. The first-order valence-corrected chi connectivity index (χ1v) is 14.3. The van der Waals surface area contributed by atoms with Gasteiger partial charge < -0.3 is 19.5 Å². The molecule has 8 nitrogen and oxygen atoms in total. The van der Waals surface area contributed by atoms with Gasteiger partial charge in [-0.3, -0.25) is 0 Å². The van der Waals surface area contributed by atoms with Crippen molar-refractivity contribution in [2.24, 2.45) is 0 Å². The summed E-state index contributed by atoms with van der Waals surface area (Å²) in [5.41, 5.74) is 1.88. The van der Waals surface area contributed by atoms with Gasteiger partial charge in [-0.15, -0.1) is 0 Å². The fourth-order valence-electron chi connectivity index (χ4n) is 4.41. The van der Waals surface area contributed by atoms with E-state index in [-0.39, 0.29) is 29.6 Å². The molecule has 1 saturated heterocycles. The molecule has 2 amide bonds. The van der Waals surface area contributed by atoms with Crippen molar-refractivity contribution in [1.29, 1.82) is 0 Å². The molecular weight excluding hydrogens is 488 g/mol. The first kappa shape index (κ1) is 26.9. The Morgan fingerprint density at radius 3 is 2.32 bits per heavy atom. The Morgan fingerprint density at radius 2 is 1.73 bits per heavy atom. The van der Waals surface area contributed by atoms with Gasteiger partial charge in [-0.2, -0.15) is 0 Å². The zero-order valence-electron chi connectivity index (χ0n) is 21.8. The monoisotopic (exact) mass is 524 g/mol. The molecule has 0 unspecified atom stereocenters. The molecule has 9 heteroatoms. The Kier molecular flexibility index (Phi) is 8.34. The predicted octanol–water partition coefficient (Wildman–Crippen LogP) is 4.39. The van der Waals surface area contributed by atoms with Gasteiger partial charge in [0.1, 0.15) is 0 Å². The lowest BCUT2D eigenvalue weighted by molar-refractivity contribution is 0.0775. The average molecular weight is 525 g/mol. The maximum absolute atomic E-state index is 13.5. The minimum atomic E-state index is -3.74. The van der Waals surface area contributed by atoms with Crippen LogP contribution < -0.4 is 5.32 Å². The van der Waals surface area contributed by atoms with Gasteiger partial charge in [-0.1, -0.05) is 60.7 Å². The minimum Gasteiger partial charge on any atom is -0.376 e. The second-order valence-electron chi connectivity index (χ2n) is 10.5. The number of sulfone groups is 1. The summed E-state index contributed by atoms with van der Waals surface area (Å²) >= 11 is 0. The van der Waals surface area contributed by atoms with Crippen LogP contribution >= 0.6 is 0 Å². The molecule has 1 aromatic heterocycles. The minimum absolute atomic E-state index is 0.00324. The summed E-state index contributed by atoms with van der Waals surface area (Å²) in [6.07, 6.45) is 3.39. The van der Waals surface area contributed by atoms with E-state index in [1.165, 1.54) is 0 Å². The van der Waals surface area contributed by atoms with E-state index in [4.69, 9.17) is 4.74 Å². The van der Waals surface area contributed by atoms with Crippen molar-refractivity contribution < 1.29 is 17.9 Å². The molecular formula is C28H36N4O4S. The number of urea groups is 1. The third kappa shape index (κ3) is 7.42. The van der Waals surface area contributed by atoms with E-state index in [9.17, 15) is 13.2 Å². The van der Waals surface area contributed by atoms with Gasteiger partial charge in [0.05, 0.1) is 36.8 Å². The second-order valence-corrected chi connectivity index (χ2v) is 12.4. The zero-order valence-corrected chi connectivity index (χ0v) is 22.6. The predicted molar refractivity (Wildman–Crippen MR) is 143 cm³/mol. The Hall–Kier alpha value is -3.17. The fraction of sp³-hybridized carbons (Fsp3) is 0.429. The molecule has 2 heterocycles. The maximum Gasteiger partial charge on any atom is 0.318 e. The van der Waals surface area contributed by atoms with Gasteiger partial charge in [0, 0.05) is 18.7 Å². The largest absolute Gasteiger partial charge is 0.376 e. The van der Waals surface area contributed by atoms with Crippen molar-refractivity contribution >= 4 is 15.9 Å². The van der Waals surface area contributed by atoms with E-state index in [2.05, 4.69) is 10.3 Å². The summed E-state index contributed by atoms with van der Waals surface area (Å²) in [5, 5.41) is 3.04. The normalized spacial score (nSPS) is 16.0. The maximum atomic E-state index is 13.5. The third-order valence-corrected chi connectivity index (χ3v) is 7.73. The summed E-state index contributed by atoms with van der Waals surface area (Å²) < 4.78 is 34.6. The highest BCUT2D eigenvalue weighted by atomic mass is 32.2. The number of ether oxygens (including phenoxy) is 1. The molecule has 2 aromatic carbocycles. The molecule has 37 heavy (non-hydrogen) atoms. The molecule has 3 aromatic rings. The van der Waals surface area contributed by atoms with Crippen LogP contribution in [0.15, 0.2) is 72.0 Å². The molecule has 1 fully saturated rings.